The largest absolute Gasteiger partial charge is 0.573 e. The standard InChI is InChI=1S/C18H12F3N5O2S2/c19-18(20,21)28-13-6-4-11(5-7-13)23-16-24-25-17(30-16)29-10-12-9-15(27)26-8-2-1-3-14(26)22-12/h1-9H,10H2,(H,23,24). The van der Waals surface area contributed by atoms with Crippen LogP contribution in [0.25, 0.3) is 5.65 Å². The van der Waals surface area contributed by atoms with Gasteiger partial charge in [-0.15, -0.1) is 23.4 Å². The van der Waals surface area contributed by atoms with Gasteiger partial charge in [0.2, 0.25) is 5.13 Å². The average molecular weight is 451 g/mol. The molecule has 0 unspecified atom stereocenters. The molecule has 0 fully saturated rings. The number of nitrogens with zero attached hydrogens (tertiary/aromatic N) is 4. The van der Waals surface area contributed by atoms with E-state index in [0.29, 0.717) is 32.3 Å². The Bertz CT molecular complexity index is 1220. The van der Waals surface area contributed by atoms with Crippen LogP contribution in [-0.4, -0.2) is 25.9 Å². The summed E-state index contributed by atoms with van der Waals surface area (Å²) < 4.78 is 42.6. The first-order valence-corrected chi connectivity index (χ1v) is 10.2. The fourth-order valence-corrected chi connectivity index (χ4v) is 4.16. The van der Waals surface area contributed by atoms with Crippen molar-refractivity contribution in [3.63, 3.8) is 0 Å². The molecule has 0 spiro atoms. The van der Waals surface area contributed by atoms with Crippen molar-refractivity contribution in [1.82, 2.24) is 19.6 Å². The summed E-state index contributed by atoms with van der Waals surface area (Å²) >= 11 is 2.66. The Hall–Kier alpha value is -3.12. The molecule has 3 heterocycles. The highest BCUT2D eigenvalue weighted by molar-refractivity contribution is 8.00. The van der Waals surface area contributed by atoms with Gasteiger partial charge in [0.1, 0.15) is 11.4 Å². The zero-order valence-corrected chi connectivity index (χ0v) is 16.6. The van der Waals surface area contributed by atoms with Crippen molar-refractivity contribution in [2.75, 3.05) is 5.32 Å². The molecule has 4 aromatic rings. The maximum atomic E-state index is 12.2. The van der Waals surface area contributed by atoms with Crippen LogP contribution in [0.4, 0.5) is 24.0 Å². The van der Waals surface area contributed by atoms with Crippen LogP contribution < -0.4 is 15.6 Å². The van der Waals surface area contributed by atoms with E-state index in [1.807, 2.05) is 6.07 Å². The molecule has 3 aromatic heterocycles. The maximum Gasteiger partial charge on any atom is 0.573 e. The molecule has 12 heteroatoms. The molecule has 0 saturated carbocycles. The number of hydrogen-bond acceptors (Lipinski definition) is 8. The van der Waals surface area contributed by atoms with E-state index < -0.39 is 6.36 Å². The molecule has 0 aliphatic carbocycles. The molecule has 1 N–H and O–H groups in total. The number of thioether (sulfide) groups is 1. The Balaban J connectivity index is 1.38. The molecule has 0 aliphatic heterocycles. The molecule has 0 saturated heterocycles. The number of rotatable bonds is 6. The Labute approximate surface area is 175 Å². The summed E-state index contributed by atoms with van der Waals surface area (Å²) in [7, 11) is 0. The van der Waals surface area contributed by atoms with Crippen LogP contribution in [-0.2, 0) is 5.75 Å². The molecular formula is C18H12F3N5O2S2. The molecule has 7 nitrogen and oxygen atoms in total. The van der Waals surface area contributed by atoms with Crippen LogP contribution in [0.15, 0.2) is 63.9 Å². The smallest absolute Gasteiger partial charge is 0.406 e. The van der Waals surface area contributed by atoms with Crippen molar-refractivity contribution in [2.24, 2.45) is 0 Å². The number of ether oxygens (including phenoxy) is 1. The summed E-state index contributed by atoms with van der Waals surface area (Å²) in [4.78, 5) is 16.6. The molecular weight excluding hydrogens is 439 g/mol. The quantitative estimate of drug-likeness (QED) is 0.433. The summed E-state index contributed by atoms with van der Waals surface area (Å²) in [5.74, 6) is 0.138. The van der Waals surface area contributed by atoms with Gasteiger partial charge >= 0.3 is 6.36 Å². The van der Waals surface area contributed by atoms with Crippen molar-refractivity contribution < 1.29 is 17.9 Å². The second kappa shape index (κ2) is 8.32. The zero-order chi connectivity index (χ0) is 21.1. The Kier molecular flexibility index (Phi) is 5.59. The fraction of sp³-hybridized carbons (Fsp3) is 0.111. The molecule has 0 radical (unpaired) electrons. The van der Waals surface area contributed by atoms with Gasteiger partial charge in [-0.2, -0.15) is 0 Å². The number of aromatic nitrogens is 4. The van der Waals surface area contributed by atoms with E-state index in [4.69, 9.17) is 0 Å². The van der Waals surface area contributed by atoms with Gasteiger partial charge in [0, 0.05) is 23.7 Å². The molecule has 0 amide bonds. The lowest BCUT2D eigenvalue weighted by molar-refractivity contribution is -0.274. The summed E-state index contributed by atoms with van der Waals surface area (Å²) in [6.07, 6.45) is -3.07. The minimum absolute atomic E-state index is 0.159. The first kappa shape index (κ1) is 20.2. The fourth-order valence-electron chi connectivity index (χ4n) is 2.49. The third kappa shape index (κ3) is 5.07. The van der Waals surface area contributed by atoms with E-state index in [-0.39, 0.29) is 11.3 Å². The van der Waals surface area contributed by atoms with Crippen molar-refractivity contribution in [3.05, 3.63) is 70.8 Å². The monoisotopic (exact) mass is 451 g/mol. The number of pyridine rings is 1. The Morgan fingerprint density at radius 1 is 1.13 bits per heavy atom. The van der Waals surface area contributed by atoms with Gasteiger partial charge in [-0.1, -0.05) is 29.2 Å². The number of alkyl halides is 3. The van der Waals surface area contributed by atoms with Crippen LogP contribution in [0.5, 0.6) is 5.75 Å². The van der Waals surface area contributed by atoms with Crippen LogP contribution in [0.3, 0.4) is 0 Å². The Morgan fingerprint density at radius 3 is 2.70 bits per heavy atom. The predicted octanol–water partition coefficient (Wildman–Crippen LogP) is 4.48. The van der Waals surface area contributed by atoms with Crippen molar-refractivity contribution in [1.29, 1.82) is 0 Å². The van der Waals surface area contributed by atoms with Gasteiger partial charge < -0.3 is 10.1 Å². The highest BCUT2D eigenvalue weighted by Crippen LogP contribution is 2.30. The summed E-state index contributed by atoms with van der Waals surface area (Å²) in [6, 6.07) is 12.1. The lowest BCUT2D eigenvalue weighted by Crippen LogP contribution is -2.16. The van der Waals surface area contributed by atoms with Gasteiger partial charge in [-0.3, -0.25) is 9.20 Å². The van der Waals surface area contributed by atoms with Crippen LogP contribution in [0.2, 0.25) is 0 Å². The van der Waals surface area contributed by atoms with Crippen molar-refractivity contribution >= 4 is 39.6 Å². The van der Waals surface area contributed by atoms with E-state index in [2.05, 4.69) is 25.2 Å². The van der Waals surface area contributed by atoms with Gasteiger partial charge in [0.15, 0.2) is 4.34 Å². The number of hydrogen-bond donors (Lipinski definition) is 1. The molecule has 154 valence electrons. The maximum absolute atomic E-state index is 12.2. The van der Waals surface area contributed by atoms with E-state index in [0.717, 1.165) is 0 Å². The predicted molar refractivity (Wildman–Crippen MR) is 107 cm³/mol. The first-order valence-electron chi connectivity index (χ1n) is 8.42. The molecule has 1 aromatic carbocycles. The van der Waals surface area contributed by atoms with Gasteiger partial charge in [-0.05, 0) is 36.4 Å². The number of anilines is 2. The van der Waals surface area contributed by atoms with Gasteiger partial charge in [0.25, 0.3) is 5.56 Å². The Morgan fingerprint density at radius 2 is 1.93 bits per heavy atom. The number of nitrogens with one attached hydrogen (secondary N) is 1. The first-order chi connectivity index (χ1) is 14.4. The SMILES string of the molecule is O=c1cc(CSc2nnc(Nc3ccc(OC(F)(F)F)cc3)s2)nc2ccccn12. The number of fused-ring (bicyclic) bond motifs is 1. The lowest BCUT2D eigenvalue weighted by Gasteiger charge is -2.09. The highest BCUT2D eigenvalue weighted by atomic mass is 32.2. The number of halogens is 3. The number of benzene rings is 1. The van der Waals surface area contributed by atoms with E-state index in [1.165, 1.54) is 57.8 Å². The van der Waals surface area contributed by atoms with Crippen molar-refractivity contribution in [3.8, 4) is 5.75 Å². The van der Waals surface area contributed by atoms with Gasteiger partial charge in [-0.25, -0.2) is 4.98 Å². The molecule has 30 heavy (non-hydrogen) atoms. The molecule has 0 aliphatic rings. The summed E-state index contributed by atoms with van der Waals surface area (Å²) in [6.45, 7) is 0. The van der Waals surface area contributed by atoms with Gasteiger partial charge in [0.05, 0.1) is 5.69 Å². The minimum Gasteiger partial charge on any atom is -0.406 e. The average Bonchev–Trinajstić information content (AvgIpc) is 3.14. The minimum atomic E-state index is -4.73. The second-order valence-electron chi connectivity index (χ2n) is 5.87. The van der Waals surface area contributed by atoms with Crippen molar-refractivity contribution in [2.45, 2.75) is 16.5 Å². The topological polar surface area (TPSA) is 81.4 Å². The van der Waals surface area contributed by atoms with E-state index in [1.54, 1.807) is 18.3 Å². The molecule has 0 bridgehead atoms. The second-order valence-corrected chi connectivity index (χ2v) is 8.07. The highest BCUT2D eigenvalue weighted by Gasteiger charge is 2.30. The normalized spacial score (nSPS) is 11.6. The van der Waals surface area contributed by atoms with E-state index >= 15 is 0 Å². The molecule has 4 rings (SSSR count). The van der Waals surface area contributed by atoms with Crippen LogP contribution in [0.1, 0.15) is 5.69 Å². The zero-order valence-electron chi connectivity index (χ0n) is 15.0. The third-order valence-corrected chi connectivity index (χ3v) is 5.72. The molecule has 0 atom stereocenters. The van der Waals surface area contributed by atoms with E-state index in [9.17, 15) is 18.0 Å². The summed E-state index contributed by atoms with van der Waals surface area (Å²) in [5, 5.41) is 11.5. The third-order valence-electron chi connectivity index (χ3n) is 3.71. The van der Waals surface area contributed by atoms with Crippen LogP contribution in [0, 0.1) is 0 Å². The summed E-state index contributed by atoms with van der Waals surface area (Å²) in [5.41, 5.74) is 1.58. The van der Waals surface area contributed by atoms with Crippen LogP contribution >= 0.6 is 23.1 Å². The lowest BCUT2D eigenvalue weighted by atomic mass is 10.3.